The predicted octanol–water partition coefficient (Wildman–Crippen LogP) is 2.62. The molecule has 0 saturated heterocycles. The molecule has 2 rings (SSSR count). The molecule has 0 saturated carbocycles. The van der Waals surface area contributed by atoms with Crippen molar-refractivity contribution in [1.82, 2.24) is 4.90 Å². The molecule has 0 aliphatic carbocycles. The van der Waals surface area contributed by atoms with E-state index in [1.165, 1.54) is 19.1 Å². The molecule has 9 heteroatoms. The van der Waals surface area contributed by atoms with Crippen molar-refractivity contribution >= 4 is 23.2 Å². The molecule has 0 fully saturated rings. The third kappa shape index (κ3) is 5.45. The van der Waals surface area contributed by atoms with Crippen molar-refractivity contribution in [3.63, 3.8) is 0 Å². The zero-order chi connectivity index (χ0) is 20.0. The van der Waals surface area contributed by atoms with Crippen molar-refractivity contribution in [1.29, 1.82) is 0 Å². The molecule has 0 radical (unpaired) electrons. The molecule has 144 valence electrons. The number of nitrogens with zero attached hydrogens (tertiary/aromatic N) is 1. The van der Waals surface area contributed by atoms with Gasteiger partial charge in [0.1, 0.15) is 5.75 Å². The summed E-state index contributed by atoms with van der Waals surface area (Å²) in [5.74, 6) is -5.10. The number of carbonyl (C=O) groups excluding carboxylic acids is 2. The van der Waals surface area contributed by atoms with E-state index in [0.717, 1.165) is 6.07 Å². The third-order valence-corrected chi connectivity index (χ3v) is 3.52. The number of halogens is 3. The van der Waals surface area contributed by atoms with Gasteiger partial charge in [0, 0.05) is 0 Å². The number of carbonyl (C=O) groups is 2. The van der Waals surface area contributed by atoms with Gasteiger partial charge in [-0.1, -0.05) is 12.1 Å². The van der Waals surface area contributed by atoms with E-state index in [4.69, 9.17) is 4.74 Å². The summed E-state index contributed by atoms with van der Waals surface area (Å²) in [5, 5.41) is 4.79. The van der Waals surface area contributed by atoms with Crippen molar-refractivity contribution in [2.24, 2.45) is 0 Å². The molecule has 0 heterocycles. The average Bonchev–Trinajstić information content (AvgIpc) is 2.62. The number of nitrogens with one attached hydrogen (secondary N) is 2. The van der Waals surface area contributed by atoms with Crippen LogP contribution in [0.3, 0.4) is 0 Å². The fraction of sp³-hybridized carbons (Fsp3) is 0.222. The third-order valence-electron chi connectivity index (χ3n) is 3.52. The molecule has 0 aliphatic heterocycles. The smallest absolute Gasteiger partial charge is 0.238 e. The van der Waals surface area contributed by atoms with Crippen LogP contribution in [0.5, 0.6) is 5.75 Å². The first kappa shape index (κ1) is 20.2. The van der Waals surface area contributed by atoms with Gasteiger partial charge in [-0.2, -0.15) is 0 Å². The number of likely N-dealkylation sites (N-methyl/N-ethyl adjacent to an activating group) is 1. The number of rotatable bonds is 7. The Bertz CT molecular complexity index is 846. The summed E-state index contributed by atoms with van der Waals surface area (Å²) in [7, 11) is 2.97. The summed E-state index contributed by atoms with van der Waals surface area (Å²) < 4.78 is 44.8. The normalized spacial score (nSPS) is 10.6. The largest absolute Gasteiger partial charge is 0.495 e. The standard InChI is InChI=1S/C18H18F3N3O3/c1-24(9-15(25)22-12-5-3-4-6-14(12)27-2)10-16(26)23-13-8-7-11(19)17(20)18(13)21/h3-8H,9-10H2,1-2H3,(H,22,25)(H,23,26). The van der Waals surface area contributed by atoms with E-state index >= 15 is 0 Å². The molecule has 6 nitrogen and oxygen atoms in total. The minimum atomic E-state index is -1.67. The van der Waals surface area contributed by atoms with Gasteiger partial charge in [-0.25, -0.2) is 13.2 Å². The van der Waals surface area contributed by atoms with E-state index in [9.17, 15) is 22.8 Å². The molecule has 2 N–H and O–H groups in total. The summed E-state index contributed by atoms with van der Waals surface area (Å²) in [5.41, 5.74) is -0.00233. The van der Waals surface area contributed by atoms with Gasteiger partial charge >= 0.3 is 0 Å². The number of anilines is 2. The lowest BCUT2D eigenvalue weighted by atomic mass is 10.2. The van der Waals surface area contributed by atoms with Crippen LogP contribution >= 0.6 is 0 Å². The Balaban J connectivity index is 1.89. The molecule has 2 aromatic rings. The molecule has 2 amide bonds. The van der Waals surface area contributed by atoms with Gasteiger partial charge in [0.05, 0.1) is 31.6 Å². The van der Waals surface area contributed by atoms with Crippen LogP contribution in [0.15, 0.2) is 36.4 Å². The van der Waals surface area contributed by atoms with Gasteiger partial charge in [-0.05, 0) is 31.3 Å². The molecule has 0 unspecified atom stereocenters. The molecule has 0 aliphatic rings. The van der Waals surface area contributed by atoms with Crippen LogP contribution in [-0.4, -0.2) is 44.0 Å². The Morgan fingerprint density at radius 1 is 0.926 bits per heavy atom. The van der Waals surface area contributed by atoms with Crippen molar-refractivity contribution in [3.05, 3.63) is 53.8 Å². The highest BCUT2D eigenvalue weighted by Gasteiger charge is 2.17. The lowest BCUT2D eigenvalue weighted by Gasteiger charge is -2.17. The lowest BCUT2D eigenvalue weighted by molar-refractivity contribution is -0.119. The van der Waals surface area contributed by atoms with E-state index in [0.29, 0.717) is 17.5 Å². The Hall–Kier alpha value is -3.07. The highest BCUT2D eigenvalue weighted by molar-refractivity contribution is 5.95. The molecule has 0 spiro atoms. The number of methoxy groups -OCH3 is 1. The Kier molecular flexibility index (Phi) is 6.78. The minimum absolute atomic E-state index is 0.133. The van der Waals surface area contributed by atoms with Crippen LogP contribution in [0.2, 0.25) is 0 Å². The summed E-state index contributed by atoms with van der Waals surface area (Å²) >= 11 is 0. The molecular weight excluding hydrogens is 363 g/mol. The number of hydrogen-bond donors (Lipinski definition) is 2. The van der Waals surface area contributed by atoms with Crippen molar-refractivity contribution in [2.45, 2.75) is 0 Å². The zero-order valence-electron chi connectivity index (χ0n) is 14.7. The average molecular weight is 381 g/mol. The summed E-state index contributed by atoms with van der Waals surface area (Å²) in [6.07, 6.45) is 0. The van der Waals surface area contributed by atoms with E-state index in [-0.39, 0.29) is 13.1 Å². The van der Waals surface area contributed by atoms with E-state index < -0.39 is 35.0 Å². The number of amides is 2. The Morgan fingerprint density at radius 3 is 2.15 bits per heavy atom. The van der Waals surface area contributed by atoms with Crippen molar-refractivity contribution in [3.8, 4) is 5.75 Å². The number of benzene rings is 2. The molecular formula is C18H18F3N3O3. The molecule has 0 atom stereocenters. The Morgan fingerprint density at radius 2 is 1.52 bits per heavy atom. The second-order valence-corrected chi connectivity index (χ2v) is 5.69. The van der Waals surface area contributed by atoms with Crippen molar-refractivity contribution < 1.29 is 27.5 Å². The van der Waals surface area contributed by atoms with Gasteiger partial charge < -0.3 is 15.4 Å². The second-order valence-electron chi connectivity index (χ2n) is 5.69. The maximum absolute atomic E-state index is 13.6. The minimum Gasteiger partial charge on any atom is -0.495 e. The van der Waals surface area contributed by atoms with Gasteiger partial charge in [-0.3, -0.25) is 14.5 Å². The highest BCUT2D eigenvalue weighted by atomic mass is 19.2. The van der Waals surface area contributed by atoms with Gasteiger partial charge in [-0.15, -0.1) is 0 Å². The maximum atomic E-state index is 13.6. The first-order chi connectivity index (χ1) is 12.8. The van der Waals surface area contributed by atoms with Gasteiger partial charge in [0.2, 0.25) is 11.8 Å². The van der Waals surface area contributed by atoms with Crippen LogP contribution in [0.25, 0.3) is 0 Å². The highest BCUT2D eigenvalue weighted by Crippen LogP contribution is 2.23. The first-order valence-corrected chi connectivity index (χ1v) is 7.86. The van der Waals surface area contributed by atoms with Crippen LogP contribution in [0.4, 0.5) is 24.5 Å². The summed E-state index contributed by atoms with van der Waals surface area (Å²) in [4.78, 5) is 25.4. The lowest BCUT2D eigenvalue weighted by Crippen LogP contribution is -2.36. The van der Waals surface area contributed by atoms with Crippen LogP contribution in [-0.2, 0) is 9.59 Å². The molecule has 2 aromatic carbocycles. The molecule has 0 bridgehead atoms. The predicted molar refractivity (Wildman–Crippen MR) is 94.1 cm³/mol. The fourth-order valence-corrected chi connectivity index (χ4v) is 2.30. The molecule has 27 heavy (non-hydrogen) atoms. The van der Waals surface area contributed by atoms with E-state index in [1.807, 2.05) is 0 Å². The van der Waals surface area contributed by atoms with Gasteiger partial charge in [0.25, 0.3) is 0 Å². The molecule has 0 aromatic heterocycles. The summed E-state index contributed by atoms with van der Waals surface area (Å²) in [6, 6.07) is 8.45. The number of para-hydroxylation sites is 2. The topological polar surface area (TPSA) is 70.7 Å². The summed E-state index contributed by atoms with van der Waals surface area (Å²) in [6.45, 7) is -0.399. The maximum Gasteiger partial charge on any atom is 0.238 e. The fourth-order valence-electron chi connectivity index (χ4n) is 2.30. The van der Waals surface area contributed by atoms with E-state index in [1.54, 1.807) is 24.3 Å². The number of hydrogen-bond acceptors (Lipinski definition) is 4. The Labute approximate surface area is 153 Å². The quantitative estimate of drug-likeness (QED) is 0.724. The van der Waals surface area contributed by atoms with Crippen LogP contribution < -0.4 is 15.4 Å². The van der Waals surface area contributed by atoms with E-state index in [2.05, 4.69) is 10.6 Å². The SMILES string of the molecule is COc1ccccc1NC(=O)CN(C)CC(=O)Nc1ccc(F)c(F)c1F. The van der Waals surface area contributed by atoms with Crippen LogP contribution in [0.1, 0.15) is 0 Å². The zero-order valence-corrected chi connectivity index (χ0v) is 14.7. The van der Waals surface area contributed by atoms with Crippen LogP contribution in [0, 0.1) is 17.5 Å². The number of ether oxygens (including phenoxy) is 1. The van der Waals surface area contributed by atoms with Crippen molar-refractivity contribution in [2.75, 3.05) is 37.9 Å². The van der Waals surface area contributed by atoms with Gasteiger partial charge in [0.15, 0.2) is 17.5 Å². The monoisotopic (exact) mass is 381 g/mol. The second kappa shape index (κ2) is 9.04. The first-order valence-electron chi connectivity index (χ1n) is 7.86.